The maximum absolute atomic E-state index is 13.6. The fraction of sp³-hybridized carbons (Fsp3) is 0.367. The van der Waals surface area contributed by atoms with Crippen LogP contribution in [0.15, 0.2) is 58.4 Å². The van der Waals surface area contributed by atoms with E-state index in [-0.39, 0.29) is 40.4 Å². The Balaban J connectivity index is 1.21. The number of aromatic nitrogens is 1. The number of amides is 3. The largest absolute Gasteiger partial charge is 0.483 e. The predicted molar refractivity (Wildman–Crippen MR) is 154 cm³/mol. The number of carboxylic acids is 1. The number of hydrogen-bond donors (Lipinski definition) is 3. The zero-order valence-electron chi connectivity index (χ0n) is 22.7. The van der Waals surface area contributed by atoms with Gasteiger partial charge in [0.15, 0.2) is 6.61 Å². The molecular formula is C30H26FN3O7S2. The molecule has 2 aromatic carbocycles. The van der Waals surface area contributed by atoms with E-state index in [0.29, 0.717) is 17.9 Å². The maximum atomic E-state index is 13.6. The lowest BCUT2D eigenvalue weighted by atomic mass is 9.68. The molecule has 8 atom stereocenters. The number of thiazole rings is 1. The molecule has 222 valence electrons. The minimum absolute atomic E-state index is 0.0827. The third-order valence-electron chi connectivity index (χ3n) is 9.24. The number of anilines is 1. The number of carbonyl (C=O) groups is 4. The molecule has 0 radical (unpaired) electrons. The number of carbonyl (C=O) groups excluding carboxylic acids is 3. The molecule has 0 spiro atoms. The molecule has 1 saturated heterocycles. The van der Waals surface area contributed by atoms with Gasteiger partial charge in [-0.3, -0.25) is 24.1 Å². The summed E-state index contributed by atoms with van der Waals surface area (Å²) in [6, 6.07) is 11.4. The van der Waals surface area contributed by atoms with E-state index in [1.165, 1.54) is 43.0 Å². The van der Waals surface area contributed by atoms with Gasteiger partial charge in [0.25, 0.3) is 5.91 Å². The fourth-order valence-electron chi connectivity index (χ4n) is 7.62. The van der Waals surface area contributed by atoms with Crippen LogP contribution in [0.2, 0.25) is 0 Å². The molecule has 3 amide bonds. The average Bonchev–Trinajstić information content (AvgIpc) is 3.71. The van der Waals surface area contributed by atoms with Gasteiger partial charge >= 0.3 is 10.8 Å². The smallest absolute Gasteiger partial charge is 0.326 e. The summed E-state index contributed by atoms with van der Waals surface area (Å²) < 4.78 is 19.3. The molecule has 7 rings (SSSR count). The number of rotatable bonds is 7. The Morgan fingerprint density at radius 2 is 1.79 bits per heavy atom. The summed E-state index contributed by atoms with van der Waals surface area (Å²) >= 11 is 2.63. The molecular weight excluding hydrogens is 597 g/mol. The zero-order valence-corrected chi connectivity index (χ0v) is 24.3. The number of para-hydroxylation sites is 1. The molecule has 4 aliphatic rings. The van der Waals surface area contributed by atoms with Crippen LogP contribution in [-0.4, -0.2) is 56.6 Å². The van der Waals surface area contributed by atoms with Gasteiger partial charge in [0.05, 0.1) is 16.9 Å². The number of aliphatic carboxylic acids is 1. The topological polar surface area (TPSA) is 146 Å². The Morgan fingerprint density at radius 3 is 2.51 bits per heavy atom. The van der Waals surface area contributed by atoms with Gasteiger partial charge in [-0.25, -0.2) is 9.18 Å². The number of halogens is 1. The van der Waals surface area contributed by atoms with Crippen LogP contribution in [0.3, 0.4) is 0 Å². The van der Waals surface area contributed by atoms with Crippen molar-refractivity contribution in [3.8, 4) is 5.75 Å². The van der Waals surface area contributed by atoms with Crippen molar-refractivity contribution < 1.29 is 33.4 Å². The number of thioether (sulfide) groups is 1. The number of benzene rings is 2. The van der Waals surface area contributed by atoms with E-state index >= 15 is 0 Å². The number of nitrogens with one attached hydrogen (secondary N) is 2. The highest BCUT2D eigenvalue weighted by Gasteiger charge is 2.70. The Kier molecular flexibility index (Phi) is 6.69. The predicted octanol–water partition coefficient (Wildman–Crippen LogP) is 3.54. The minimum atomic E-state index is -1.25. The summed E-state index contributed by atoms with van der Waals surface area (Å²) in [7, 11) is 0. The number of H-pyrrole nitrogens is 1. The normalized spacial score (nSPS) is 29.2. The molecule has 3 fully saturated rings. The highest BCUT2D eigenvalue weighted by molar-refractivity contribution is 8.00. The van der Waals surface area contributed by atoms with Crippen LogP contribution in [0.1, 0.15) is 29.7 Å². The first-order valence-electron chi connectivity index (χ1n) is 13.9. The number of ether oxygens (including phenoxy) is 1. The van der Waals surface area contributed by atoms with Crippen LogP contribution in [0.4, 0.5) is 10.1 Å². The molecule has 1 aromatic heterocycles. The van der Waals surface area contributed by atoms with Crippen molar-refractivity contribution in [3.05, 3.63) is 74.5 Å². The summed E-state index contributed by atoms with van der Waals surface area (Å²) in [5, 5.41) is 12.9. The van der Waals surface area contributed by atoms with Crippen molar-refractivity contribution >= 4 is 52.5 Å². The summed E-state index contributed by atoms with van der Waals surface area (Å²) in [4.78, 5) is 68.5. The molecule has 2 aliphatic carbocycles. The Morgan fingerprint density at radius 1 is 1.09 bits per heavy atom. The van der Waals surface area contributed by atoms with E-state index in [1.54, 1.807) is 12.1 Å². The second-order valence-electron chi connectivity index (χ2n) is 11.4. The van der Waals surface area contributed by atoms with E-state index < -0.39 is 47.4 Å². The average molecular weight is 624 g/mol. The lowest BCUT2D eigenvalue weighted by Crippen LogP contribution is -2.44. The maximum Gasteiger partial charge on any atom is 0.326 e. The second-order valence-corrected chi connectivity index (χ2v) is 13.6. The first-order valence-corrected chi connectivity index (χ1v) is 15.6. The van der Waals surface area contributed by atoms with Gasteiger partial charge in [-0.15, -0.1) is 11.8 Å². The second kappa shape index (κ2) is 10.3. The minimum Gasteiger partial charge on any atom is -0.483 e. The molecule has 3 aromatic rings. The van der Waals surface area contributed by atoms with Gasteiger partial charge in [0.2, 0.25) is 11.8 Å². The lowest BCUT2D eigenvalue weighted by molar-refractivity contribution is -0.154. The molecule has 3 heterocycles. The van der Waals surface area contributed by atoms with Crippen molar-refractivity contribution in [2.24, 2.45) is 29.6 Å². The monoisotopic (exact) mass is 623 g/mol. The Bertz CT molecular complexity index is 1720. The number of fused-ring (bicyclic) bond motifs is 9. The van der Waals surface area contributed by atoms with Crippen LogP contribution in [0.5, 0.6) is 5.75 Å². The highest BCUT2D eigenvalue weighted by atomic mass is 32.2. The van der Waals surface area contributed by atoms with Gasteiger partial charge in [-0.1, -0.05) is 29.5 Å². The summed E-state index contributed by atoms with van der Waals surface area (Å²) in [5.41, 5.74) is 1.19. The van der Waals surface area contributed by atoms with Crippen molar-refractivity contribution in [2.45, 2.75) is 35.6 Å². The van der Waals surface area contributed by atoms with Crippen molar-refractivity contribution in [3.63, 3.8) is 0 Å². The van der Waals surface area contributed by atoms with Gasteiger partial charge in [-0.05, 0) is 61.4 Å². The number of imide groups is 1. The van der Waals surface area contributed by atoms with Crippen LogP contribution in [-0.2, 0) is 19.2 Å². The zero-order chi connectivity index (χ0) is 30.2. The first-order chi connectivity index (χ1) is 20.6. The molecule has 7 unspecified atom stereocenters. The lowest BCUT2D eigenvalue weighted by Gasteiger charge is -2.43. The third kappa shape index (κ3) is 4.39. The standard InChI is InChI=1S/C30H26FN3O7S2/c1-12(29(38)39)34-27(36)22-16-10-17(23(22)28(34)37)24-21(16)20(25-26(42-24)33-30(40)43-25)15-4-2-3-5-18(15)41-11-19(35)32-14-8-6-13(31)7-9-14/h2-9,12,16-17,20-24H,10-11H2,1H3,(H,32,35)(H,33,40)(H,38,39)/t12?,16?,17?,20-,21?,22?,23?,24?/m1/s1. The van der Waals surface area contributed by atoms with E-state index in [1.807, 2.05) is 12.1 Å². The molecule has 2 bridgehead atoms. The Hall–Kier alpha value is -3.97. The van der Waals surface area contributed by atoms with Crippen LogP contribution >= 0.6 is 23.1 Å². The van der Waals surface area contributed by atoms with Gasteiger partial charge in [0, 0.05) is 27.3 Å². The van der Waals surface area contributed by atoms with E-state index in [2.05, 4.69) is 10.3 Å². The quantitative estimate of drug-likeness (QED) is 0.339. The molecule has 13 heteroatoms. The molecule has 2 saturated carbocycles. The molecule has 43 heavy (non-hydrogen) atoms. The Labute approximate surface area is 252 Å². The SMILES string of the molecule is CC(C(=O)O)N1C(=O)C2C3CC(C2C1=O)C1C3Sc2[nH]c(=O)sc2[C@@H]1c1ccccc1OCC(=O)Nc1ccc(F)cc1. The van der Waals surface area contributed by atoms with E-state index in [0.717, 1.165) is 31.7 Å². The summed E-state index contributed by atoms with van der Waals surface area (Å²) in [6.07, 6.45) is 0.656. The van der Waals surface area contributed by atoms with Gasteiger partial charge in [0.1, 0.15) is 17.6 Å². The van der Waals surface area contributed by atoms with Crippen LogP contribution in [0, 0.1) is 35.4 Å². The molecule has 3 N–H and O–H groups in total. The van der Waals surface area contributed by atoms with Crippen molar-refractivity contribution in [1.29, 1.82) is 0 Å². The fourth-order valence-corrected chi connectivity index (χ4v) is 10.5. The number of nitrogens with zero attached hydrogens (tertiary/aromatic N) is 1. The number of aromatic amines is 1. The summed E-state index contributed by atoms with van der Waals surface area (Å²) in [5.74, 6) is -4.49. The number of carboxylic acid groups (broad SMARTS) is 1. The number of hydrogen-bond acceptors (Lipinski definition) is 8. The van der Waals surface area contributed by atoms with Gasteiger partial charge in [-0.2, -0.15) is 0 Å². The van der Waals surface area contributed by atoms with Crippen molar-refractivity contribution in [2.75, 3.05) is 11.9 Å². The number of likely N-dealkylation sites (tertiary alicyclic amines) is 1. The molecule has 10 nitrogen and oxygen atoms in total. The third-order valence-corrected chi connectivity index (χ3v) is 11.8. The van der Waals surface area contributed by atoms with Crippen molar-refractivity contribution in [1.82, 2.24) is 9.88 Å². The molecule has 2 aliphatic heterocycles. The van der Waals surface area contributed by atoms with Gasteiger partial charge < -0.3 is 20.1 Å². The van der Waals surface area contributed by atoms with E-state index in [9.17, 15) is 33.5 Å². The van der Waals surface area contributed by atoms with Crippen LogP contribution < -0.4 is 14.9 Å². The summed E-state index contributed by atoms with van der Waals surface area (Å²) in [6.45, 7) is 1.04. The van der Waals surface area contributed by atoms with E-state index in [4.69, 9.17) is 4.74 Å². The highest BCUT2D eigenvalue weighted by Crippen LogP contribution is 2.69. The van der Waals surface area contributed by atoms with Crippen LogP contribution in [0.25, 0.3) is 0 Å². The first kappa shape index (κ1) is 27.8.